The number of anilines is 1. The number of aromatic nitrogens is 3. The molecule has 2 aromatic carbocycles. The standard InChI is InChI=1S/C32H36F2N4O3/c1-3-23-25(33)8-7-21-17-22(39)18-24(26(21)23)28-27(34)29(38-15-5-9-32(19-38)12-16-41-32)37-30(36-14-6-13-35-28)40-20-31(4-2)10-11-31/h6-8,13-14,17-18,39H,3-5,9-12,15-16,19-20H2,1-2H3. The molecule has 3 aliphatic rings. The largest absolute Gasteiger partial charge is 0.508 e. The molecule has 3 fully saturated rings. The maximum atomic E-state index is 17.1. The Morgan fingerprint density at radius 2 is 1.88 bits per heavy atom. The molecule has 6 rings (SSSR count). The molecule has 3 heterocycles. The quantitative estimate of drug-likeness (QED) is 0.344. The van der Waals surface area contributed by atoms with E-state index in [9.17, 15) is 9.50 Å². The lowest BCUT2D eigenvalue weighted by atomic mass is 9.86. The highest BCUT2D eigenvalue weighted by Gasteiger charge is 2.44. The third kappa shape index (κ3) is 5.39. The van der Waals surface area contributed by atoms with Crippen LogP contribution in [0.25, 0.3) is 22.0 Å². The number of phenolic OH excluding ortho intramolecular Hbond substituents is 1. The van der Waals surface area contributed by atoms with Gasteiger partial charge in [0.15, 0.2) is 11.6 Å². The topological polar surface area (TPSA) is 80.6 Å². The number of phenols is 1. The summed E-state index contributed by atoms with van der Waals surface area (Å²) >= 11 is 0. The van der Waals surface area contributed by atoms with Gasteiger partial charge in [0.1, 0.15) is 17.3 Å². The molecule has 2 aliphatic heterocycles. The second-order valence-electron chi connectivity index (χ2n) is 11.5. The van der Waals surface area contributed by atoms with Crippen LogP contribution in [0.3, 0.4) is 0 Å². The summed E-state index contributed by atoms with van der Waals surface area (Å²) in [6.07, 6.45) is 9.14. The first-order chi connectivity index (χ1) is 19.9. The number of hydrogen-bond acceptors (Lipinski definition) is 7. The summed E-state index contributed by atoms with van der Waals surface area (Å²) in [6.45, 7) is 6.20. The van der Waals surface area contributed by atoms with E-state index < -0.39 is 11.6 Å². The van der Waals surface area contributed by atoms with Crippen LogP contribution in [0.2, 0.25) is 0 Å². The predicted molar refractivity (Wildman–Crippen MR) is 154 cm³/mol. The number of aromatic hydroxyl groups is 1. The molecule has 0 amide bonds. The lowest BCUT2D eigenvalue weighted by molar-refractivity contribution is -0.151. The van der Waals surface area contributed by atoms with Crippen molar-refractivity contribution in [2.75, 3.05) is 31.2 Å². The summed E-state index contributed by atoms with van der Waals surface area (Å²) < 4.78 is 44.1. The minimum atomic E-state index is -0.695. The van der Waals surface area contributed by atoms with Crippen LogP contribution in [-0.2, 0) is 11.2 Å². The van der Waals surface area contributed by atoms with Crippen molar-refractivity contribution in [1.29, 1.82) is 0 Å². The van der Waals surface area contributed by atoms with Crippen LogP contribution < -0.4 is 9.64 Å². The molecule has 1 spiro atoms. The Kier molecular flexibility index (Phi) is 7.40. The van der Waals surface area contributed by atoms with Crippen LogP contribution in [0.5, 0.6) is 11.8 Å². The van der Waals surface area contributed by atoms with Crippen LogP contribution in [-0.4, -0.2) is 52.0 Å². The van der Waals surface area contributed by atoms with Gasteiger partial charge in [-0.2, -0.15) is 4.98 Å². The highest BCUT2D eigenvalue weighted by atomic mass is 19.1. The van der Waals surface area contributed by atoms with E-state index in [1.807, 2.05) is 11.8 Å². The minimum absolute atomic E-state index is 0.0442. The summed E-state index contributed by atoms with van der Waals surface area (Å²) in [4.78, 5) is 15.5. The zero-order chi connectivity index (χ0) is 28.6. The number of rotatable bonds is 7. The molecule has 2 saturated heterocycles. The van der Waals surface area contributed by atoms with Gasteiger partial charge in [0.05, 0.1) is 18.8 Å². The molecule has 1 unspecified atom stereocenters. The van der Waals surface area contributed by atoms with Crippen molar-refractivity contribution in [1.82, 2.24) is 15.0 Å². The highest BCUT2D eigenvalue weighted by Crippen LogP contribution is 2.48. The van der Waals surface area contributed by atoms with Gasteiger partial charge >= 0.3 is 6.01 Å². The average Bonchev–Trinajstić information content (AvgIpc) is 3.75. The van der Waals surface area contributed by atoms with Crippen molar-refractivity contribution in [3.05, 3.63) is 59.9 Å². The molecule has 41 heavy (non-hydrogen) atoms. The van der Waals surface area contributed by atoms with E-state index in [1.165, 1.54) is 24.5 Å². The minimum Gasteiger partial charge on any atom is -0.508 e. The van der Waals surface area contributed by atoms with Gasteiger partial charge in [-0.15, -0.1) is 0 Å². The first-order valence-electron chi connectivity index (χ1n) is 14.6. The summed E-state index contributed by atoms with van der Waals surface area (Å²) in [5, 5.41) is 11.7. The molecule has 0 bridgehead atoms. The molecule has 1 aromatic heterocycles. The monoisotopic (exact) mass is 562 g/mol. The number of halogens is 2. The third-order valence-electron chi connectivity index (χ3n) is 8.95. The van der Waals surface area contributed by atoms with Crippen molar-refractivity contribution in [2.24, 2.45) is 5.41 Å². The highest BCUT2D eigenvalue weighted by molar-refractivity contribution is 6.00. The molecule has 216 valence electrons. The smallest absolute Gasteiger partial charge is 0.318 e. The zero-order valence-electron chi connectivity index (χ0n) is 23.6. The molecule has 9 heteroatoms. The van der Waals surface area contributed by atoms with Gasteiger partial charge in [-0.3, -0.25) is 4.98 Å². The Bertz CT molecular complexity index is 1520. The summed E-state index contributed by atoms with van der Waals surface area (Å²) in [6, 6.07) is 7.61. The number of nitrogens with zero attached hydrogens (tertiary/aromatic N) is 4. The molecule has 1 saturated carbocycles. The predicted octanol–water partition coefficient (Wildman–Crippen LogP) is 6.69. The fourth-order valence-electron chi connectivity index (χ4n) is 6.08. The number of ether oxygens (including phenoxy) is 2. The van der Waals surface area contributed by atoms with Crippen LogP contribution >= 0.6 is 0 Å². The number of benzene rings is 2. The van der Waals surface area contributed by atoms with Crippen molar-refractivity contribution < 1.29 is 23.4 Å². The lowest BCUT2D eigenvalue weighted by Gasteiger charge is -2.48. The van der Waals surface area contributed by atoms with Crippen LogP contribution in [0.4, 0.5) is 14.6 Å². The Balaban J connectivity index is 1.57. The van der Waals surface area contributed by atoms with Gasteiger partial charge < -0.3 is 19.5 Å². The van der Waals surface area contributed by atoms with Gasteiger partial charge in [-0.05, 0) is 79.1 Å². The maximum Gasteiger partial charge on any atom is 0.318 e. The van der Waals surface area contributed by atoms with Gasteiger partial charge in [0.25, 0.3) is 0 Å². The molecule has 1 N–H and O–H groups in total. The van der Waals surface area contributed by atoms with Gasteiger partial charge in [-0.1, -0.05) is 19.9 Å². The summed E-state index contributed by atoms with van der Waals surface area (Å²) in [5.74, 6) is -1.10. The fourth-order valence-corrected chi connectivity index (χ4v) is 6.08. The van der Waals surface area contributed by atoms with Gasteiger partial charge in [-0.25, -0.2) is 13.8 Å². The first-order valence-corrected chi connectivity index (χ1v) is 14.6. The number of hydrogen-bond donors (Lipinski definition) is 1. The van der Waals surface area contributed by atoms with E-state index in [0.717, 1.165) is 38.5 Å². The number of aryl methyl sites for hydroxylation is 1. The molecular weight excluding hydrogens is 526 g/mol. The SMILES string of the molecule is CCc1c(F)ccc2cc(O)cc(-c3ncccnc(OCC4(CC)CC4)nc(N4CCCC5(CCO5)C4)c3F)c12. The Hall–Kier alpha value is -3.59. The van der Waals surface area contributed by atoms with Crippen molar-refractivity contribution in [3.8, 4) is 23.0 Å². The Morgan fingerprint density at radius 3 is 2.59 bits per heavy atom. The second-order valence-corrected chi connectivity index (χ2v) is 11.5. The molecular formula is C32H36F2N4O3. The third-order valence-corrected chi connectivity index (χ3v) is 8.95. The molecule has 1 aliphatic carbocycles. The van der Waals surface area contributed by atoms with Crippen molar-refractivity contribution in [2.45, 2.75) is 64.4 Å². The maximum absolute atomic E-state index is 17.1. The number of piperidine rings is 1. The van der Waals surface area contributed by atoms with E-state index in [-0.39, 0.29) is 34.3 Å². The number of fused-ring (bicyclic) bond motifs is 1. The first kappa shape index (κ1) is 27.6. The van der Waals surface area contributed by atoms with Crippen LogP contribution in [0.1, 0.15) is 57.9 Å². The second kappa shape index (κ2) is 11.0. The van der Waals surface area contributed by atoms with Gasteiger partial charge in [0.2, 0.25) is 0 Å². The van der Waals surface area contributed by atoms with Crippen LogP contribution in [0.15, 0.2) is 42.7 Å². The van der Waals surface area contributed by atoms with Crippen LogP contribution in [0, 0.1) is 17.0 Å². The molecule has 7 nitrogen and oxygen atoms in total. The molecule has 0 radical (unpaired) electrons. The van der Waals surface area contributed by atoms with Gasteiger partial charge in [0, 0.05) is 42.9 Å². The Labute approximate surface area is 238 Å². The molecule has 3 aromatic rings. The zero-order valence-corrected chi connectivity index (χ0v) is 23.6. The van der Waals surface area contributed by atoms with E-state index in [2.05, 4.69) is 21.9 Å². The Morgan fingerprint density at radius 1 is 1.07 bits per heavy atom. The summed E-state index contributed by atoms with van der Waals surface area (Å²) in [7, 11) is 0. The van der Waals surface area contributed by atoms with E-state index >= 15 is 4.39 Å². The fraction of sp³-hybridized carbons (Fsp3) is 0.469. The molecule has 1 atom stereocenters. The average molecular weight is 563 g/mol. The van der Waals surface area contributed by atoms with Crippen molar-refractivity contribution in [3.63, 3.8) is 0 Å². The lowest BCUT2D eigenvalue weighted by Crippen LogP contribution is -2.56. The van der Waals surface area contributed by atoms with E-state index in [4.69, 9.17) is 9.47 Å². The van der Waals surface area contributed by atoms with Crippen molar-refractivity contribution >= 4 is 16.6 Å². The summed E-state index contributed by atoms with van der Waals surface area (Å²) in [5.41, 5.74) is 0.472. The van der Waals surface area contributed by atoms with E-state index in [0.29, 0.717) is 54.6 Å². The normalized spacial score (nSPS) is 20.9. The van der Waals surface area contributed by atoms with E-state index in [1.54, 1.807) is 18.2 Å².